The molecule has 0 aliphatic rings. The zero-order valence-corrected chi connectivity index (χ0v) is 14.6. The first-order valence-electron chi connectivity index (χ1n) is 8.21. The number of hydrogen-bond donors (Lipinski definition) is 0. The first-order valence-corrected chi connectivity index (χ1v) is 8.21. The van der Waals surface area contributed by atoms with E-state index >= 15 is 0 Å². The van der Waals surface area contributed by atoms with E-state index in [1.807, 2.05) is 0 Å². The van der Waals surface area contributed by atoms with Crippen molar-refractivity contribution in [3.8, 4) is 5.75 Å². The molecule has 0 unspecified atom stereocenters. The van der Waals surface area contributed by atoms with Crippen LogP contribution < -0.4 is 4.74 Å². The molecule has 6 heteroatoms. The van der Waals surface area contributed by atoms with Crippen LogP contribution in [0.15, 0.2) is 42.5 Å². The van der Waals surface area contributed by atoms with Crippen LogP contribution >= 0.6 is 0 Å². The third kappa shape index (κ3) is 5.95. The molecular weight excluding hydrogens is 342 g/mol. The highest BCUT2D eigenvalue weighted by Crippen LogP contribution is 2.18. The Labute approximate surface area is 150 Å². The first kappa shape index (κ1) is 19.6. The number of ketones is 1. The van der Waals surface area contributed by atoms with E-state index in [2.05, 4.69) is 0 Å². The summed E-state index contributed by atoms with van der Waals surface area (Å²) in [7, 11) is 0. The summed E-state index contributed by atoms with van der Waals surface area (Å²) in [6, 6.07) is 10.2. The fourth-order valence-electron chi connectivity index (χ4n) is 2.28. The number of esters is 1. The summed E-state index contributed by atoms with van der Waals surface area (Å²) < 4.78 is 37.4. The predicted octanol–water partition coefficient (Wildman–Crippen LogP) is 4.00. The van der Waals surface area contributed by atoms with Crippen LogP contribution in [0.3, 0.4) is 0 Å². The zero-order chi connectivity index (χ0) is 19.1. The van der Waals surface area contributed by atoms with E-state index in [-0.39, 0.29) is 36.9 Å². The van der Waals surface area contributed by atoms with Gasteiger partial charge >= 0.3 is 5.97 Å². The number of rotatable bonds is 8. The second kappa shape index (κ2) is 9.08. The van der Waals surface area contributed by atoms with Gasteiger partial charge in [-0.25, -0.2) is 8.78 Å². The second-order valence-electron chi connectivity index (χ2n) is 6.06. The van der Waals surface area contributed by atoms with Gasteiger partial charge in [0, 0.05) is 6.42 Å². The van der Waals surface area contributed by atoms with Gasteiger partial charge in [0.15, 0.2) is 0 Å². The average Bonchev–Trinajstić information content (AvgIpc) is 2.55. The number of ether oxygens (including phenoxy) is 2. The minimum absolute atomic E-state index is 0.0927. The molecule has 0 amide bonds. The summed E-state index contributed by atoms with van der Waals surface area (Å²) in [6.45, 7) is 3.19. The summed E-state index contributed by atoms with van der Waals surface area (Å²) in [5, 5.41) is 0. The maximum Gasteiger partial charge on any atom is 0.313 e. The summed E-state index contributed by atoms with van der Waals surface area (Å²) in [5.74, 6) is -1.71. The lowest BCUT2D eigenvalue weighted by Gasteiger charge is -2.09. The van der Waals surface area contributed by atoms with E-state index in [0.717, 1.165) is 0 Å². The largest absolute Gasteiger partial charge is 0.489 e. The van der Waals surface area contributed by atoms with Crippen molar-refractivity contribution in [2.24, 2.45) is 0 Å². The van der Waals surface area contributed by atoms with Gasteiger partial charge in [-0.1, -0.05) is 18.2 Å². The van der Waals surface area contributed by atoms with E-state index in [9.17, 15) is 18.4 Å². The smallest absolute Gasteiger partial charge is 0.313 e. The topological polar surface area (TPSA) is 52.6 Å². The Morgan fingerprint density at radius 3 is 2.19 bits per heavy atom. The van der Waals surface area contributed by atoms with Crippen molar-refractivity contribution < 1.29 is 27.8 Å². The van der Waals surface area contributed by atoms with Gasteiger partial charge in [-0.05, 0) is 43.7 Å². The summed E-state index contributed by atoms with van der Waals surface area (Å²) in [6.07, 6.45) is -0.440. The van der Waals surface area contributed by atoms with Gasteiger partial charge in [0.25, 0.3) is 0 Å². The Morgan fingerprint density at radius 2 is 1.62 bits per heavy atom. The molecule has 26 heavy (non-hydrogen) atoms. The third-order valence-corrected chi connectivity index (χ3v) is 3.48. The molecule has 0 saturated carbocycles. The Balaban J connectivity index is 1.88. The maximum absolute atomic E-state index is 13.5. The molecule has 0 aliphatic carbocycles. The molecular formula is C20H20F2O4. The first-order chi connectivity index (χ1) is 12.3. The number of halogens is 2. The normalized spacial score (nSPS) is 10.7. The molecule has 2 aromatic carbocycles. The molecule has 0 saturated heterocycles. The molecule has 2 aromatic rings. The molecule has 138 valence electrons. The zero-order valence-electron chi connectivity index (χ0n) is 14.6. The van der Waals surface area contributed by atoms with Crippen molar-refractivity contribution in [2.75, 3.05) is 0 Å². The van der Waals surface area contributed by atoms with Gasteiger partial charge in [-0.15, -0.1) is 0 Å². The van der Waals surface area contributed by atoms with Gasteiger partial charge in [0.1, 0.15) is 36.2 Å². The molecule has 0 N–H and O–H groups in total. The Morgan fingerprint density at radius 1 is 1.00 bits per heavy atom. The van der Waals surface area contributed by atoms with Crippen LogP contribution in [0.25, 0.3) is 0 Å². The minimum Gasteiger partial charge on any atom is -0.489 e. The van der Waals surface area contributed by atoms with Crippen LogP contribution in [0, 0.1) is 11.6 Å². The van der Waals surface area contributed by atoms with Crippen molar-refractivity contribution in [2.45, 2.75) is 39.4 Å². The van der Waals surface area contributed by atoms with Crippen molar-refractivity contribution in [1.82, 2.24) is 0 Å². The Bertz CT molecular complexity index is 750. The van der Waals surface area contributed by atoms with E-state index in [1.165, 1.54) is 18.2 Å². The second-order valence-corrected chi connectivity index (χ2v) is 6.06. The quantitative estimate of drug-likeness (QED) is 0.526. The van der Waals surface area contributed by atoms with E-state index in [4.69, 9.17) is 9.47 Å². The molecule has 0 bridgehead atoms. The highest BCUT2D eigenvalue weighted by atomic mass is 19.1. The number of hydrogen-bond acceptors (Lipinski definition) is 4. The number of benzene rings is 2. The molecule has 0 aliphatic heterocycles. The van der Waals surface area contributed by atoms with E-state index in [1.54, 1.807) is 38.1 Å². The van der Waals surface area contributed by atoms with Crippen molar-refractivity contribution in [3.05, 3.63) is 65.2 Å². The van der Waals surface area contributed by atoms with Gasteiger partial charge in [0.2, 0.25) is 0 Å². The third-order valence-electron chi connectivity index (χ3n) is 3.48. The molecule has 0 radical (unpaired) electrons. The molecule has 0 aromatic heterocycles. The lowest BCUT2D eigenvalue weighted by atomic mass is 10.1. The monoisotopic (exact) mass is 362 g/mol. The van der Waals surface area contributed by atoms with Crippen LogP contribution in [-0.4, -0.2) is 17.9 Å². The van der Waals surface area contributed by atoms with Crippen LogP contribution in [0.1, 0.15) is 31.4 Å². The van der Waals surface area contributed by atoms with Crippen LogP contribution in [0.4, 0.5) is 8.78 Å². The standard InChI is InChI=1S/C20H20F2O4/c1-13(2)26-20(24)11-15(23)10-14-6-8-16(9-7-14)25-12-17-18(21)4-3-5-19(17)22/h3-9,13H,10-12H2,1-2H3. The number of carbonyl (C=O) groups is 2. The van der Waals surface area contributed by atoms with Gasteiger partial charge in [-0.3, -0.25) is 9.59 Å². The molecule has 0 spiro atoms. The van der Waals surface area contributed by atoms with Gasteiger partial charge < -0.3 is 9.47 Å². The molecule has 0 atom stereocenters. The lowest BCUT2D eigenvalue weighted by Crippen LogP contribution is -2.16. The highest BCUT2D eigenvalue weighted by Gasteiger charge is 2.13. The molecule has 0 fully saturated rings. The maximum atomic E-state index is 13.5. The Hall–Kier alpha value is -2.76. The van der Waals surface area contributed by atoms with Crippen molar-refractivity contribution in [1.29, 1.82) is 0 Å². The van der Waals surface area contributed by atoms with Gasteiger partial charge in [0.05, 0.1) is 11.7 Å². The summed E-state index contributed by atoms with van der Waals surface area (Å²) >= 11 is 0. The number of Topliss-reactive ketones (excluding diaryl/α,β-unsaturated/α-hetero) is 1. The fourth-order valence-corrected chi connectivity index (χ4v) is 2.28. The summed E-state index contributed by atoms with van der Waals surface area (Å²) in [4.78, 5) is 23.3. The molecule has 4 nitrogen and oxygen atoms in total. The van der Waals surface area contributed by atoms with E-state index < -0.39 is 17.6 Å². The lowest BCUT2D eigenvalue weighted by molar-refractivity contribution is -0.149. The van der Waals surface area contributed by atoms with Crippen LogP contribution in [0.5, 0.6) is 5.75 Å². The number of carbonyl (C=O) groups excluding carboxylic acids is 2. The minimum atomic E-state index is -0.666. The highest BCUT2D eigenvalue weighted by molar-refractivity contribution is 5.96. The average molecular weight is 362 g/mol. The molecule has 2 rings (SSSR count). The van der Waals surface area contributed by atoms with Crippen LogP contribution in [0.2, 0.25) is 0 Å². The Kier molecular flexibility index (Phi) is 6.83. The SMILES string of the molecule is CC(C)OC(=O)CC(=O)Cc1ccc(OCc2c(F)cccc2F)cc1. The van der Waals surface area contributed by atoms with E-state index in [0.29, 0.717) is 11.3 Å². The summed E-state index contributed by atoms with van der Waals surface area (Å²) in [5.41, 5.74) is 0.562. The van der Waals surface area contributed by atoms with Gasteiger partial charge in [-0.2, -0.15) is 0 Å². The van der Waals surface area contributed by atoms with Crippen molar-refractivity contribution >= 4 is 11.8 Å². The predicted molar refractivity (Wildman–Crippen MR) is 91.7 cm³/mol. The fraction of sp³-hybridized carbons (Fsp3) is 0.300. The molecule has 0 heterocycles. The van der Waals surface area contributed by atoms with Crippen LogP contribution in [-0.2, 0) is 27.4 Å². The van der Waals surface area contributed by atoms with Crippen molar-refractivity contribution in [3.63, 3.8) is 0 Å².